The van der Waals surface area contributed by atoms with Gasteiger partial charge in [0.15, 0.2) is 0 Å². The molecular formula is C19H19N3O. The van der Waals surface area contributed by atoms with E-state index in [2.05, 4.69) is 65.8 Å². The van der Waals surface area contributed by atoms with Crippen LogP contribution in [0.1, 0.15) is 30.4 Å². The summed E-state index contributed by atoms with van der Waals surface area (Å²) in [5.74, 6) is 0. The molecule has 3 aromatic rings. The largest absolute Gasteiger partial charge is 0.350 e. The first-order chi connectivity index (χ1) is 11.3. The average Bonchev–Trinajstić information content (AvgIpc) is 3.26. The Labute approximate surface area is 135 Å². The van der Waals surface area contributed by atoms with E-state index in [4.69, 9.17) is 4.74 Å². The second-order valence-corrected chi connectivity index (χ2v) is 5.86. The Morgan fingerprint density at radius 3 is 2.48 bits per heavy atom. The van der Waals surface area contributed by atoms with Crippen LogP contribution in [0.25, 0.3) is 5.69 Å². The number of aromatic nitrogens is 2. The Hall–Kier alpha value is -2.43. The first-order valence-electron chi connectivity index (χ1n) is 7.86. The fraction of sp³-hybridized carbons (Fsp3) is 0.211. The summed E-state index contributed by atoms with van der Waals surface area (Å²) in [7, 11) is 0. The number of benzene rings is 2. The van der Waals surface area contributed by atoms with Gasteiger partial charge in [-0.2, -0.15) is 0 Å². The van der Waals surface area contributed by atoms with Crippen LogP contribution in [0.3, 0.4) is 0 Å². The molecule has 0 bridgehead atoms. The lowest BCUT2D eigenvalue weighted by molar-refractivity contribution is 0.0363. The fourth-order valence-corrected chi connectivity index (χ4v) is 3.05. The third kappa shape index (κ3) is 2.79. The van der Waals surface area contributed by atoms with Gasteiger partial charge in [-0.25, -0.2) is 4.98 Å². The van der Waals surface area contributed by atoms with Crippen LogP contribution >= 0.6 is 0 Å². The van der Waals surface area contributed by atoms with Gasteiger partial charge in [-0.3, -0.25) is 5.32 Å². The van der Waals surface area contributed by atoms with Gasteiger partial charge in [0.2, 0.25) is 0 Å². The molecule has 0 saturated carbocycles. The van der Waals surface area contributed by atoms with Gasteiger partial charge in [0.1, 0.15) is 12.3 Å². The second kappa shape index (κ2) is 5.99. The first-order valence-corrected chi connectivity index (χ1v) is 7.86. The molecule has 4 heteroatoms. The maximum atomic E-state index is 6.25. The van der Waals surface area contributed by atoms with Crippen molar-refractivity contribution in [1.82, 2.24) is 14.9 Å². The molecule has 4 nitrogen and oxygen atoms in total. The van der Waals surface area contributed by atoms with Crippen LogP contribution in [0.15, 0.2) is 73.3 Å². The van der Waals surface area contributed by atoms with Crippen molar-refractivity contribution in [3.8, 4) is 5.69 Å². The number of hydrogen-bond acceptors (Lipinski definition) is 3. The number of rotatable bonds is 3. The zero-order valence-electron chi connectivity index (χ0n) is 13.0. The van der Waals surface area contributed by atoms with Crippen LogP contribution in [-0.2, 0) is 4.74 Å². The van der Waals surface area contributed by atoms with Gasteiger partial charge >= 0.3 is 0 Å². The van der Waals surface area contributed by atoms with Gasteiger partial charge in [-0.15, -0.1) is 0 Å². The highest BCUT2D eigenvalue weighted by Crippen LogP contribution is 2.34. The molecule has 4 rings (SSSR count). The molecule has 1 aliphatic rings. The quantitative estimate of drug-likeness (QED) is 0.803. The van der Waals surface area contributed by atoms with Gasteiger partial charge in [0.05, 0.1) is 6.33 Å². The summed E-state index contributed by atoms with van der Waals surface area (Å²) in [4.78, 5) is 4.08. The fourth-order valence-electron chi connectivity index (χ4n) is 3.05. The zero-order chi connectivity index (χ0) is 15.6. The summed E-state index contributed by atoms with van der Waals surface area (Å²) >= 11 is 0. The van der Waals surface area contributed by atoms with E-state index in [0.29, 0.717) is 0 Å². The van der Waals surface area contributed by atoms with Gasteiger partial charge in [-0.05, 0) is 30.2 Å². The number of nitrogens with one attached hydrogen (secondary N) is 1. The van der Waals surface area contributed by atoms with Crippen molar-refractivity contribution < 1.29 is 4.74 Å². The molecule has 0 amide bonds. The van der Waals surface area contributed by atoms with E-state index in [1.54, 1.807) is 12.5 Å². The topological polar surface area (TPSA) is 39.1 Å². The molecule has 116 valence electrons. The molecule has 0 spiro atoms. The van der Waals surface area contributed by atoms with Crippen LogP contribution in [0.5, 0.6) is 0 Å². The van der Waals surface area contributed by atoms with E-state index in [-0.39, 0.29) is 18.4 Å². The molecule has 2 heterocycles. The molecule has 1 N–H and O–H groups in total. The van der Waals surface area contributed by atoms with Crippen LogP contribution in [0, 0.1) is 0 Å². The van der Waals surface area contributed by atoms with Crippen molar-refractivity contribution in [3.63, 3.8) is 0 Å². The lowest BCUT2D eigenvalue weighted by Crippen LogP contribution is -2.23. The SMILES string of the molecule is C[C@@H]1N[C@H](c2ccc(-n3ccnc3)cc2)O[C@@H]1c1ccccc1. The first kappa shape index (κ1) is 14.2. The Balaban J connectivity index is 1.53. The molecule has 0 radical (unpaired) electrons. The summed E-state index contributed by atoms with van der Waals surface area (Å²) in [6.45, 7) is 2.16. The molecule has 1 aliphatic heterocycles. The lowest BCUT2D eigenvalue weighted by Gasteiger charge is -2.14. The Bertz CT molecular complexity index is 753. The highest BCUT2D eigenvalue weighted by atomic mass is 16.5. The smallest absolute Gasteiger partial charge is 0.135 e. The average molecular weight is 305 g/mol. The summed E-state index contributed by atoms with van der Waals surface area (Å²) in [6.07, 6.45) is 5.52. The zero-order valence-corrected chi connectivity index (χ0v) is 13.0. The predicted molar refractivity (Wildman–Crippen MR) is 89.2 cm³/mol. The summed E-state index contributed by atoms with van der Waals surface area (Å²) < 4.78 is 8.23. The monoisotopic (exact) mass is 305 g/mol. The van der Waals surface area contributed by atoms with Crippen LogP contribution < -0.4 is 5.32 Å². The van der Waals surface area contributed by atoms with Gasteiger partial charge in [0.25, 0.3) is 0 Å². The summed E-state index contributed by atoms with van der Waals surface area (Å²) in [6, 6.07) is 19.0. The molecule has 1 aromatic heterocycles. The van der Waals surface area contributed by atoms with Crippen LogP contribution in [-0.4, -0.2) is 15.6 Å². The van der Waals surface area contributed by atoms with E-state index >= 15 is 0 Å². The number of hydrogen-bond donors (Lipinski definition) is 1. The van der Waals surface area contributed by atoms with E-state index in [1.807, 2.05) is 16.8 Å². The van der Waals surface area contributed by atoms with Crippen molar-refractivity contribution in [3.05, 3.63) is 84.4 Å². The third-order valence-corrected chi connectivity index (χ3v) is 4.28. The van der Waals surface area contributed by atoms with Gasteiger partial charge in [-0.1, -0.05) is 42.5 Å². The molecule has 1 saturated heterocycles. The maximum absolute atomic E-state index is 6.25. The minimum absolute atomic E-state index is 0.0768. The van der Waals surface area contributed by atoms with E-state index < -0.39 is 0 Å². The normalized spacial score (nSPS) is 24.0. The van der Waals surface area contributed by atoms with Crippen LogP contribution in [0.4, 0.5) is 0 Å². The Morgan fingerprint density at radius 2 is 1.78 bits per heavy atom. The molecule has 0 aliphatic carbocycles. The number of nitrogens with zero attached hydrogens (tertiary/aromatic N) is 2. The highest BCUT2D eigenvalue weighted by Gasteiger charge is 2.33. The van der Waals surface area contributed by atoms with E-state index in [0.717, 1.165) is 11.3 Å². The van der Waals surface area contributed by atoms with Crippen molar-refractivity contribution in [2.45, 2.75) is 25.3 Å². The van der Waals surface area contributed by atoms with Crippen molar-refractivity contribution in [1.29, 1.82) is 0 Å². The molecule has 3 atom stereocenters. The molecule has 1 fully saturated rings. The molecule has 23 heavy (non-hydrogen) atoms. The minimum atomic E-state index is -0.0768. The Kier molecular flexibility index (Phi) is 3.69. The van der Waals surface area contributed by atoms with Gasteiger partial charge < -0.3 is 9.30 Å². The number of imidazole rings is 1. The van der Waals surface area contributed by atoms with Crippen molar-refractivity contribution >= 4 is 0 Å². The summed E-state index contributed by atoms with van der Waals surface area (Å²) in [5, 5.41) is 3.53. The van der Waals surface area contributed by atoms with Gasteiger partial charge in [0, 0.05) is 24.1 Å². The van der Waals surface area contributed by atoms with E-state index in [1.165, 1.54) is 5.56 Å². The number of ether oxygens (including phenoxy) is 1. The molecule has 0 unspecified atom stereocenters. The Morgan fingerprint density at radius 1 is 1.00 bits per heavy atom. The molecular weight excluding hydrogens is 286 g/mol. The van der Waals surface area contributed by atoms with E-state index in [9.17, 15) is 0 Å². The van der Waals surface area contributed by atoms with Crippen LogP contribution in [0.2, 0.25) is 0 Å². The predicted octanol–water partition coefficient (Wildman–Crippen LogP) is 3.62. The summed E-state index contributed by atoms with van der Waals surface area (Å²) in [5.41, 5.74) is 3.45. The maximum Gasteiger partial charge on any atom is 0.135 e. The van der Waals surface area contributed by atoms with Crippen molar-refractivity contribution in [2.75, 3.05) is 0 Å². The van der Waals surface area contributed by atoms with Crippen molar-refractivity contribution in [2.24, 2.45) is 0 Å². The highest BCUT2D eigenvalue weighted by molar-refractivity contribution is 5.35. The second-order valence-electron chi connectivity index (χ2n) is 5.86. The molecule has 2 aromatic carbocycles. The third-order valence-electron chi connectivity index (χ3n) is 4.28. The lowest BCUT2D eigenvalue weighted by atomic mass is 10.0. The standard InChI is InChI=1S/C19H19N3O/c1-14-18(15-5-3-2-4-6-15)23-19(21-14)16-7-9-17(10-8-16)22-12-11-20-13-22/h2-14,18-19,21H,1H3/t14-,18-,19-/m0/s1. The minimum Gasteiger partial charge on any atom is -0.350 e.